The lowest BCUT2D eigenvalue weighted by Gasteiger charge is -2.28. The number of nitrogen functional groups attached to an aromatic ring is 1. The first-order chi connectivity index (χ1) is 8.25. The summed E-state index contributed by atoms with van der Waals surface area (Å²) >= 11 is 0. The van der Waals surface area contributed by atoms with Crippen LogP contribution in [0.2, 0.25) is 0 Å². The van der Waals surface area contributed by atoms with Gasteiger partial charge in [-0.2, -0.15) is 0 Å². The Morgan fingerprint density at radius 3 is 3.06 bits per heavy atom. The number of pyridine rings is 1. The lowest BCUT2D eigenvalue weighted by atomic mass is 9.98. The molecule has 1 aliphatic rings. The Hall–Kier alpha value is -1.62. The molecule has 1 saturated heterocycles. The molecule has 2 aromatic rings. The SMILES string of the molecule is CN1CCCC(c2nnc3cccc(N)n23)C1. The van der Waals surface area contributed by atoms with Crippen molar-refractivity contribution in [2.24, 2.45) is 0 Å². The van der Waals surface area contributed by atoms with Crippen LogP contribution in [0.25, 0.3) is 5.65 Å². The van der Waals surface area contributed by atoms with E-state index in [1.54, 1.807) is 0 Å². The first-order valence-electron chi connectivity index (χ1n) is 6.04. The Kier molecular flexibility index (Phi) is 2.48. The number of hydrogen-bond donors (Lipinski definition) is 1. The second-order valence-electron chi connectivity index (χ2n) is 4.80. The van der Waals surface area contributed by atoms with E-state index in [1.165, 1.54) is 19.4 Å². The average Bonchev–Trinajstić information content (AvgIpc) is 2.74. The predicted molar refractivity (Wildman–Crippen MR) is 66.9 cm³/mol. The van der Waals surface area contributed by atoms with E-state index < -0.39 is 0 Å². The summed E-state index contributed by atoms with van der Waals surface area (Å²) in [6.45, 7) is 2.21. The first-order valence-corrected chi connectivity index (χ1v) is 6.04. The number of nitrogens with two attached hydrogens (primary N) is 1. The van der Waals surface area contributed by atoms with Gasteiger partial charge in [0.15, 0.2) is 5.65 Å². The molecule has 0 aromatic carbocycles. The fraction of sp³-hybridized carbons (Fsp3) is 0.500. The molecule has 1 aliphatic heterocycles. The average molecular weight is 231 g/mol. The molecule has 5 heteroatoms. The van der Waals surface area contributed by atoms with E-state index in [0.29, 0.717) is 5.92 Å². The molecule has 2 aromatic heterocycles. The van der Waals surface area contributed by atoms with Crippen molar-refractivity contribution in [3.05, 3.63) is 24.0 Å². The van der Waals surface area contributed by atoms with Crippen LogP contribution in [-0.2, 0) is 0 Å². The summed E-state index contributed by atoms with van der Waals surface area (Å²) < 4.78 is 1.98. The van der Waals surface area contributed by atoms with Crippen LogP contribution >= 0.6 is 0 Å². The van der Waals surface area contributed by atoms with Gasteiger partial charge in [0.1, 0.15) is 11.6 Å². The van der Waals surface area contributed by atoms with E-state index in [1.807, 2.05) is 22.6 Å². The third-order valence-corrected chi connectivity index (χ3v) is 3.47. The van der Waals surface area contributed by atoms with Gasteiger partial charge < -0.3 is 10.6 Å². The van der Waals surface area contributed by atoms with Crippen LogP contribution in [0.5, 0.6) is 0 Å². The summed E-state index contributed by atoms with van der Waals surface area (Å²) in [6, 6.07) is 5.75. The Morgan fingerprint density at radius 1 is 1.35 bits per heavy atom. The molecule has 0 radical (unpaired) electrons. The number of anilines is 1. The number of rotatable bonds is 1. The van der Waals surface area contributed by atoms with Crippen LogP contribution in [0.15, 0.2) is 18.2 Å². The minimum absolute atomic E-state index is 0.438. The monoisotopic (exact) mass is 231 g/mol. The molecule has 1 atom stereocenters. The molecule has 17 heavy (non-hydrogen) atoms. The maximum Gasteiger partial charge on any atom is 0.162 e. The van der Waals surface area contributed by atoms with Crippen molar-refractivity contribution in [2.75, 3.05) is 25.9 Å². The Balaban J connectivity index is 2.05. The van der Waals surface area contributed by atoms with Gasteiger partial charge >= 0.3 is 0 Å². The van der Waals surface area contributed by atoms with Crippen LogP contribution < -0.4 is 5.73 Å². The summed E-state index contributed by atoms with van der Waals surface area (Å²) in [5.74, 6) is 2.16. The van der Waals surface area contributed by atoms with Crippen molar-refractivity contribution in [1.82, 2.24) is 19.5 Å². The van der Waals surface area contributed by atoms with Gasteiger partial charge in [0.05, 0.1) is 0 Å². The van der Waals surface area contributed by atoms with E-state index in [2.05, 4.69) is 22.1 Å². The van der Waals surface area contributed by atoms with Crippen molar-refractivity contribution in [1.29, 1.82) is 0 Å². The van der Waals surface area contributed by atoms with Crippen molar-refractivity contribution < 1.29 is 0 Å². The number of piperidine rings is 1. The normalized spacial score (nSPS) is 22.1. The largest absolute Gasteiger partial charge is 0.385 e. The smallest absolute Gasteiger partial charge is 0.162 e. The van der Waals surface area contributed by atoms with E-state index in [-0.39, 0.29) is 0 Å². The van der Waals surface area contributed by atoms with Gasteiger partial charge in [-0.1, -0.05) is 6.07 Å². The third kappa shape index (κ3) is 1.76. The zero-order valence-corrected chi connectivity index (χ0v) is 10.0. The molecule has 1 unspecified atom stereocenters. The van der Waals surface area contributed by atoms with Crippen LogP contribution in [0.4, 0.5) is 5.82 Å². The predicted octanol–water partition coefficient (Wildman–Crippen LogP) is 1.12. The lowest BCUT2D eigenvalue weighted by Crippen LogP contribution is -2.31. The van der Waals surface area contributed by atoms with Gasteiger partial charge in [0.2, 0.25) is 0 Å². The fourth-order valence-electron chi connectivity index (χ4n) is 2.63. The van der Waals surface area contributed by atoms with E-state index in [4.69, 9.17) is 5.73 Å². The van der Waals surface area contributed by atoms with Gasteiger partial charge in [-0.3, -0.25) is 4.40 Å². The van der Waals surface area contributed by atoms with Crippen LogP contribution in [-0.4, -0.2) is 39.6 Å². The number of likely N-dealkylation sites (N-methyl/N-ethyl adjacent to an activating group) is 1. The van der Waals surface area contributed by atoms with E-state index in [0.717, 1.165) is 23.8 Å². The van der Waals surface area contributed by atoms with Crippen molar-refractivity contribution in [3.63, 3.8) is 0 Å². The molecule has 0 bridgehead atoms. The highest BCUT2D eigenvalue weighted by Gasteiger charge is 2.23. The van der Waals surface area contributed by atoms with Gasteiger partial charge in [0.25, 0.3) is 0 Å². The summed E-state index contributed by atoms with van der Waals surface area (Å²) in [5, 5.41) is 8.51. The second-order valence-corrected chi connectivity index (χ2v) is 4.80. The molecule has 3 rings (SSSR count). The fourth-order valence-corrected chi connectivity index (χ4v) is 2.63. The van der Waals surface area contributed by atoms with E-state index >= 15 is 0 Å². The highest BCUT2D eigenvalue weighted by molar-refractivity contribution is 5.48. The van der Waals surface area contributed by atoms with Crippen LogP contribution in [0, 0.1) is 0 Å². The summed E-state index contributed by atoms with van der Waals surface area (Å²) in [5.41, 5.74) is 6.85. The molecule has 2 N–H and O–H groups in total. The molecule has 3 heterocycles. The van der Waals surface area contributed by atoms with Crippen molar-refractivity contribution in [2.45, 2.75) is 18.8 Å². The van der Waals surface area contributed by atoms with Gasteiger partial charge in [-0.15, -0.1) is 10.2 Å². The minimum Gasteiger partial charge on any atom is -0.385 e. The highest BCUT2D eigenvalue weighted by Crippen LogP contribution is 2.26. The number of likely N-dealkylation sites (tertiary alicyclic amines) is 1. The summed E-state index contributed by atoms with van der Waals surface area (Å²) in [7, 11) is 2.15. The molecular weight excluding hydrogens is 214 g/mol. The highest BCUT2D eigenvalue weighted by atomic mass is 15.3. The van der Waals surface area contributed by atoms with Crippen molar-refractivity contribution >= 4 is 11.5 Å². The molecule has 0 amide bonds. The number of hydrogen-bond acceptors (Lipinski definition) is 4. The summed E-state index contributed by atoms with van der Waals surface area (Å²) in [6.07, 6.45) is 2.38. The Bertz CT molecular complexity index is 533. The van der Waals surface area contributed by atoms with Crippen LogP contribution in [0.1, 0.15) is 24.6 Å². The Morgan fingerprint density at radius 2 is 2.24 bits per heavy atom. The lowest BCUT2D eigenvalue weighted by molar-refractivity contribution is 0.245. The maximum atomic E-state index is 6.01. The maximum absolute atomic E-state index is 6.01. The minimum atomic E-state index is 0.438. The molecule has 90 valence electrons. The molecule has 1 fully saturated rings. The van der Waals surface area contributed by atoms with Gasteiger partial charge in [0, 0.05) is 12.5 Å². The zero-order chi connectivity index (χ0) is 11.8. The van der Waals surface area contributed by atoms with Gasteiger partial charge in [-0.25, -0.2) is 0 Å². The van der Waals surface area contributed by atoms with E-state index in [9.17, 15) is 0 Å². The second kappa shape index (κ2) is 4.00. The molecule has 0 aliphatic carbocycles. The first kappa shape index (κ1) is 10.5. The van der Waals surface area contributed by atoms with Crippen molar-refractivity contribution in [3.8, 4) is 0 Å². The number of aromatic nitrogens is 3. The Labute approximate surface area is 100 Å². The molecule has 5 nitrogen and oxygen atoms in total. The standard InChI is InChI=1S/C12H17N5/c1-16-7-3-4-9(8-16)12-15-14-11-6-2-5-10(13)17(11)12/h2,5-6,9H,3-4,7-8,13H2,1H3. The number of nitrogens with zero attached hydrogens (tertiary/aromatic N) is 4. The molecule has 0 spiro atoms. The quantitative estimate of drug-likeness (QED) is 0.799. The summed E-state index contributed by atoms with van der Waals surface area (Å²) in [4.78, 5) is 2.34. The third-order valence-electron chi connectivity index (χ3n) is 3.47. The molecule has 0 saturated carbocycles. The topological polar surface area (TPSA) is 59.5 Å². The zero-order valence-electron chi connectivity index (χ0n) is 10.0. The molecular formula is C12H17N5. The van der Waals surface area contributed by atoms with Crippen LogP contribution in [0.3, 0.4) is 0 Å². The van der Waals surface area contributed by atoms with Gasteiger partial charge in [-0.05, 0) is 38.6 Å². The number of fused-ring (bicyclic) bond motifs is 1.